The maximum atomic E-state index is 11.7. The van der Waals surface area contributed by atoms with Gasteiger partial charge in [0.25, 0.3) is 0 Å². The number of esters is 1. The Balaban J connectivity index is 2.55. The number of carbonyl (C=O) groups is 2. The Bertz CT molecular complexity index is 503. The molecule has 114 valence electrons. The first kappa shape index (κ1) is 17.0. The van der Waals surface area contributed by atoms with Crippen molar-refractivity contribution >= 4 is 18.0 Å². The van der Waals surface area contributed by atoms with E-state index in [0.29, 0.717) is 12.5 Å². The third kappa shape index (κ3) is 5.81. The minimum Gasteiger partial charge on any atom is -0.464 e. The van der Waals surface area contributed by atoms with Gasteiger partial charge in [-0.15, -0.1) is 0 Å². The molecule has 0 saturated carbocycles. The molecule has 21 heavy (non-hydrogen) atoms. The molecule has 1 rings (SSSR count). The summed E-state index contributed by atoms with van der Waals surface area (Å²) in [4.78, 5) is 23.1. The summed E-state index contributed by atoms with van der Waals surface area (Å²) in [7, 11) is 0. The predicted octanol–water partition coefficient (Wildman–Crippen LogP) is 2.89. The van der Waals surface area contributed by atoms with E-state index >= 15 is 0 Å². The number of ether oxygens (including phenoxy) is 1. The highest BCUT2D eigenvalue weighted by Gasteiger charge is 2.14. The van der Waals surface area contributed by atoms with Gasteiger partial charge in [-0.3, -0.25) is 4.79 Å². The van der Waals surface area contributed by atoms with Gasteiger partial charge < -0.3 is 10.1 Å². The molecule has 1 atom stereocenters. The summed E-state index contributed by atoms with van der Waals surface area (Å²) in [6, 6.07) is 7.37. The Labute approximate surface area is 126 Å². The summed E-state index contributed by atoms with van der Waals surface area (Å²) in [5, 5.41) is 2.56. The molecule has 0 saturated heterocycles. The van der Waals surface area contributed by atoms with Gasteiger partial charge in [0.2, 0.25) is 5.91 Å². The third-order valence-corrected chi connectivity index (χ3v) is 3.03. The molecule has 1 amide bonds. The van der Waals surface area contributed by atoms with Crippen LogP contribution in [0.15, 0.2) is 30.3 Å². The molecule has 1 aromatic carbocycles. The molecular formula is C17H23NO3. The van der Waals surface area contributed by atoms with Crippen molar-refractivity contribution in [1.82, 2.24) is 5.32 Å². The molecule has 0 fully saturated rings. The second-order valence-electron chi connectivity index (χ2n) is 5.14. The highest BCUT2D eigenvalue weighted by molar-refractivity contribution is 5.94. The van der Waals surface area contributed by atoms with Crippen molar-refractivity contribution in [3.05, 3.63) is 41.5 Å². The Morgan fingerprint density at radius 1 is 1.19 bits per heavy atom. The average Bonchev–Trinajstić information content (AvgIpc) is 2.45. The molecule has 0 aliphatic rings. The largest absolute Gasteiger partial charge is 0.464 e. The minimum absolute atomic E-state index is 0.303. The SMILES string of the molecule is CCOC(=O)C(C)NC(=O)C=Cc1ccc(C(C)C)cc1. The van der Waals surface area contributed by atoms with E-state index in [1.165, 1.54) is 11.6 Å². The van der Waals surface area contributed by atoms with Crippen molar-refractivity contribution in [1.29, 1.82) is 0 Å². The summed E-state index contributed by atoms with van der Waals surface area (Å²) >= 11 is 0. The van der Waals surface area contributed by atoms with Gasteiger partial charge >= 0.3 is 5.97 Å². The van der Waals surface area contributed by atoms with Crippen LogP contribution in [-0.2, 0) is 14.3 Å². The number of rotatable bonds is 6. The van der Waals surface area contributed by atoms with Gasteiger partial charge in [0.1, 0.15) is 6.04 Å². The Hall–Kier alpha value is -2.10. The number of carbonyl (C=O) groups excluding carboxylic acids is 2. The van der Waals surface area contributed by atoms with Crippen molar-refractivity contribution < 1.29 is 14.3 Å². The molecule has 4 heteroatoms. The van der Waals surface area contributed by atoms with Crippen LogP contribution in [0.2, 0.25) is 0 Å². The van der Waals surface area contributed by atoms with Gasteiger partial charge in [-0.2, -0.15) is 0 Å². The van der Waals surface area contributed by atoms with E-state index in [1.54, 1.807) is 19.9 Å². The summed E-state index contributed by atoms with van der Waals surface area (Å²) in [6.07, 6.45) is 3.14. The molecule has 0 heterocycles. The van der Waals surface area contributed by atoms with Crippen LogP contribution in [0.4, 0.5) is 0 Å². The van der Waals surface area contributed by atoms with E-state index in [0.717, 1.165) is 5.56 Å². The second kappa shape index (κ2) is 8.25. The lowest BCUT2D eigenvalue weighted by molar-refractivity contribution is -0.146. The monoisotopic (exact) mass is 289 g/mol. The van der Waals surface area contributed by atoms with Gasteiger partial charge in [-0.05, 0) is 37.0 Å². The molecule has 0 aliphatic heterocycles. The summed E-state index contributed by atoms with van der Waals surface area (Å²) in [5.41, 5.74) is 2.20. The van der Waals surface area contributed by atoms with E-state index in [-0.39, 0.29) is 5.91 Å². The fourth-order valence-electron chi connectivity index (χ4n) is 1.75. The summed E-state index contributed by atoms with van der Waals surface area (Å²) < 4.78 is 4.83. The van der Waals surface area contributed by atoms with E-state index in [1.807, 2.05) is 24.3 Å². The maximum Gasteiger partial charge on any atom is 0.328 e. The first-order valence-electron chi connectivity index (χ1n) is 7.19. The summed E-state index contributed by atoms with van der Waals surface area (Å²) in [5.74, 6) is -0.263. The number of hydrogen-bond acceptors (Lipinski definition) is 3. The first-order valence-corrected chi connectivity index (χ1v) is 7.19. The molecule has 4 nitrogen and oxygen atoms in total. The predicted molar refractivity (Wildman–Crippen MR) is 83.8 cm³/mol. The van der Waals surface area contributed by atoms with Crippen LogP contribution < -0.4 is 5.32 Å². The molecule has 1 unspecified atom stereocenters. The van der Waals surface area contributed by atoms with Crippen LogP contribution in [-0.4, -0.2) is 24.5 Å². The number of hydrogen-bond donors (Lipinski definition) is 1. The lowest BCUT2D eigenvalue weighted by Gasteiger charge is -2.10. The maximum absolute atomic E-state index is 11.7. The molecular weight excluding hydrogens is 266 g/mol. The zero-order chi connectivity index (χ0) is 15.8. The fraction of sp³-hybridized carbons (Fsp3) is 0.412. The van der Waals surface area contributed by atoms with E-state index < -0.39 is 12.0 Å². The van der Waals surface area contributed by atoms with Crippen LogP contribution in [0, 0.1) is 0 Å². The molecule has 0 radical (unpaired) electrons. The molecule has 1 aromatic rings. The van der Waals surface area contributed by atoms with Gasteiger partial charge in [0, 0.05) is 6.08 Å². The molecule has 1 N–H and O–H groups in total. The first-order chi connectivity index (χ1) is 9.93. The van der Waals surface area contributed by atoms with E-state index in [9.17, 15) is 9.59 Å². The summed E-state index contributed by atoms with van der Waals surface area (Å²) in [6.45, 7) is 7.90. The lowest BCUT2D eigenvalue weighted by atomic mass is 10.0. The van der Waals surface area contributed by atoms with Crippen molar-refractivity contribution in [2.45, 2.75) is 39.7 Å². The number of nitrogens with one attached hydrogen (secondary N) is 1. The van der Waals surface area contributed by atoms with Crippen molar-refractivity contribution in [3.8, 4) is 0 Å². The quantitative estimate of drug-likeness (QED) is 0.647. The van der Waals surface area contributed by atoms with Crippen molar-refractivity contribution in [2.24, 2.45) is 0 Å². The van der Waals surface area contributed by atoms with Crippen LogP contribution in [0.25, 0.3) is 6.08 Å². The molecule has 0 bridgehead atoms. The lowest BCUT2D eigenvalue weighted by Crippen LogP contribution is -2.38. The Morgan fingerprint density at radius 3 is 2.33 bits per heavy atom. The average molecular weight is 289 g/mol. The number of benzene rings is 1. The van der Waals surface area contributed by atoms with Crippen LogP contribution in [0.5, 0.6) is 0 Å². The minimum atomic E-state index is -0.648. The highest BCUT2D eigenvalue weighted by atomic mass is 16.5. The van der Waals surface area contributed by atoms with Gasteiger partial charge in [0.05, 0.1) is 6.61 Å². The Morgan fingerprint density at radius 2 is 1.81 bits per heavy atom. The van der Waals surface area contributed by atoms with Gasteiger partial charge in [0.15, 0.2) is 0 Å². The fourth-order valence-corrected chi connectivity index (χ4v) is 1.75. The Kier molecular flexibility index (Phi) is 6.66. The zero-order valence-electron chi connectivity index (χ0n) is 13.1. The molecule has 0 aliphatic carbocycles. The van der Waals surface area contributed by atoms with Gasteiger partial charge in [-0.1, -0.05) is 38.1 Å². The van der Waals surface area contributed by atoms with Crippen LogP contribution >= 0.6 is 0 Å². The molecule has 0 spiro atoms. The second-order valence-corrected chi connectivity index (χ2v) is 5.14. The normalized spacial score (nSPS) is 12.4. The van der Waals surface area contributed by atoms with Crippen molar-refractivity contribution in [2.75, 3.05) is 6.61 Å². The number of amides is 1. The third-order valence-electron chi connectivity index (χ3n) is 3.03. The van der Waals surface area contributed by atoms with Gasteiger partial charge in [-0.25, -0.2) is 4.79 Å². The zero-order valence-corrected chi connectivity index (χ0v) is 13.1. The molecule has 0 aromatic heterocycles. The van der Waals surface area contributed by atoms with Crippen LogP contribution in [0.1, 0.15) is 44.7 Å². The van der Waals surface area contributed by atoms with Crippen LogP contribution in [0.3, 0.4) is 0 Å². The standard InChI is InChI=1S/C17H23NO3/c1-5-21-17(20)13(4)18-16(19)11-8-14-6-9-15(10-7-14)12(2)3/h6-13H,5H2,1-4H3,(H,18,19). The highest BCUT2D eigenvalue weighted by Crippen LogP contribution is 2.15. The smallest absolute Gasteiger partial charge is 0.328 e. The van der Waals surface area contributed by atoms with Crippen molar-refractivity contribution in [3.63, 3.8) is 0 Å². The van der Waals surface area contributed by atoms with E-state index in [2.05, 4.69) is 19.2 Å². The topological polar surface area (TPSA) is 55.4 Å². The van der Waals surface area contributed by atoms with E-state index in [4.69, 9.17) is 4.74 Å².